The van der Waals surface area contributed by atoms with Crippen LogP contribution in [0.3, 0.4) is 0 Å². The number of nitrogens with one attached hydrogen (secondary N) is 2. The van der Waals surface area contributed by atoms with Gasteiger partial charge in [0, 0.05) is 24.6 Å². The van der Waals surface area contributed by atoms with Crippen LogP contribution in [0.2, 0.25) is 0 Å². The second-order valence-electron chi connectivity index (χ2n) is 7.68. The predicted molar refractivity (Wildman–Crippen MR) is 92.6 cm³/mol. The summed E-state index contributed by atoms with van der Waals surface area (Å²) in [5.41, 5.74) is 2.40. The van der Waals surface area contributed by atoms with Gasteiger partial charge in [0.05, 0.1) is 12.0 Å². The van der Waals surface area contributed by atoms with E-state index in [9.17, 15) is 4.79 Å². The molecule has 0 spiro atoms. The first-order chi connectivity index (χ1) is 10.8. The predicted octanol–water partition coefficient (Wildman–Crippen LogP) is 3.41. The molecule has 4 nitrogen and oxygen atoms in total. The Kier molecular flexibility index (Phi) is 5.30. The highest BCUT2D eigenvalue weighted by atomic mass is 35.5. The lowest BCUT2D eigenvalue weighted by Crippen LogP contribution is -2.39. The van der Waals surface area contributed by atoms with E-state index < -0.39 is 0 Å². The average Bonchev–Trinajstić information content (AvgIpc) is 3.01. The summed E-state index contributed by atoms with van der Waals surface area (Å²) < 4.78 is 0. The number of aryl methyl sites for hydroxylation is 1. The summed E-state index contributed by atoms with van der Waals surface area (Å²) in [6.07, 6.45) is 13.7. The quantitative estimate of drug-likeness (QED) is 0.888. The van der Waals surface area contributed by atoms with Gasteiger partial charge in [0.2, 0.25) is 5.91 Å². The third-order valence-electron chi connectivity index (χ3n) is 6.18. The van der Waals surface area contributed by atoms with Gasteiger partial charge in [-0.05, 0) is 43.4 Å². The van der Waals surface area contributed by atoms with Crippen LogP contribution in [0.4, 0.5) is 0 Å². The van der Waals surface area contributed by atoms with E-state index >= 15 is 0 Å². The highest BCUT2D eigenvalue weighted by molar-refractivity contribution is 5.85. The molecule has 1 unspecified atom stereocenters. The molecule has 4 rings (SSSR count). The van der Waals surface area contributed by atoms with E-state index in [2.05, 4.69) is 15.3 Å². The molecule has 2 saturated carbocycles. The maximum Gasteiger partial charge on any atom is 0.220 e. The number of carbonyl (C=O) groups is 1. The number of aromatic amines is 1. The molecule has 1 aromatic rings. The van der Waals surface area contributed by atoms with Crippen LogP contribution in [0.1, 0.15) is 62.8 Å². The summed E-state index contributed by atoms with van der Waals surface area (Å²) in [5, 5.41) is 3.29. The Hall–Kier alpha value is -1.03. The number of imidazole rings is 1. The normalized spacial score (nSPS) is 32.5. The second-order valence-corrected chi connectivity index (χ2v) is 7.68. The number of rotatable bonds is 3. The minimum absolute atomic E-state index is 0. The lowest BCUT2D eigenvalue weighted by molar-refractivity contribution is -0.123. The van der Waals surface area contributed by atoms with Crippen molar-refractivity contribution < 1.29 is 4.79 Å². The monoisotopic (exact) mass is 337 g/mol. The fraction of sp³-hybridized carbons (Fsp3) is 0.778. The molecule has 128 valence electrons. The molecule has 0 aromatic carbocycles. The Labute approximate surface area is 144 Å². The molecule has 1 heterocycles. The van der Waals surface area contributed by atoms with Crippen molar-refractivity contribution in [3.63, 3.8) is 0 Å². The van der Waals surface area contributed by atoms with Gasteiger partial charge in [0.25, 0.3) is 0 Å². The number of hydrogen-bond acceptors (Lipinski definition) is 2. The van der Waals surface area contributed by atoms with Crippen LogP contribution < -0.4 is 5.32 Å². The van der Waals surface area contributed by atoms with Crippen LogP contribution in [-0.2, 0) is 17.6 Å². The molecule has 0 aliphatic heterocycles. The molecule has 2 N–H and O–H groups in total. The van der Waals surface area contributed by atoms with E-state index in [0.29, 0.717) is 12.0 Å². The van der Waals surface area contributed by atoms with E-state index in [1.165, 1.54) is 49.9 Å². The molecule has 1 aromatic heterocycles. The zero-order valence-electron chi connectivity index (χ0n) is 13.7. The van der Waals surface area contributed by atoms with Crippen LogP contribution in [0.5, 0.6) is 0 Å². The Bertz CT molecular complexity index is 544. The highest BCUT2D eigenvalue weighted by Crippen LogP contribution is 2.45. The summed E-state index contributed by atoms with van der Waals surface area (Å²) in [7, 11) is 0. The van der Waals surface area contributed by atoms with Crippen molar-refractivity contribution in [3.8, 4) is 0 Å². The van der Waals surface area contributed by atoms with Gasteiger partial charge in [-0.25, -0.2) is 4.98 Å². The van der Waals surface area contributed by atoms with Crippen molar-refractivity contribution in [2.45, 2.75) is 70.3 Å². The molecule has 3 aliphatic rings. The van der Waals surface area contributed by atoms with E-state index in [-0.39, 0.29) is 18.3 Å². The van der Waals surface area contributed by atoms with E-state index in [1.807, 2.05) is 0 Å². The van der Waals surface area contributed by atoms with Gasteiger partial charge in [-0.1, -0.05) is 25.7 Å². The number of halogens is 1. The Morgan fingerprint density at radius 3 is 3.04 bits per heavy atom. The highest BCUT2D eigenvalue weighted by Gasteiger charge is 2.36. The zero-order valence-corrected chi connectivity index (χ0v) is 14.5. The van der Waals surface area contributed by atoms with Crippen molar-refractivity contribution in [3.05, 3.63) is 17.7 Å². The minimum Gasteiger partial charge on any atom is -0.353 e. The van der Waals surface area contributed by atoms with E-state index in [4.69, 9.17) is 0 Å². The zero-order chi connectivity index (χ0) is 14.9. The van der Waals surface area contributed by atoms with Crippen LogP contribution >= 0.6 is 12.4 Å². The molecule has 2 fully saturated rings. The lowest BCUT2D eigenvalue weighted by Gasteiger charge is -2.25. The summed E-state index contributed by atoms with van der Waals surface area (Å²) in [6.45, 7) is 0. The molecule has 1 amide bonds. The van der Waals surface area contributed by atoms with Crippen molar-refractivity contribution in [1.29, 1.82) is 0 Å². The third kappa shape index (κ3) is 3.73. The van der Waals surface area contributed by atoms with Crippen LogP contribution in [0.25, 0.3) is 0 Å². The van der Waals surface area contributed by atoms with Crippen LogP contribution in [-0.4, -0.2) is 21.9 Å². The maximum atomic E-state index is 12.5. The van der Waals surface area contributed by atoms with Gasteiger partial charge in [0.1, 0.15) is 0 Å². The Morgan fingerprint density at radius 2 is 2.13 bits per heavy atom. The first-order valence-corrected chi connectivity index (χ1v) is 9.08. The molecule has 3 aliphatic carbocycles. The Balaban J connectivity index is 0.00000156. The lowest BCUT2D eigenvalue weighted by atomic mass is 9.87. The van der Waals surface area contributed by atoms with Crippen molar-refractivity contribution in [2.24, 2.45) is 17.8 Å². The fourth-order valence-corrected chi connectivity index (χ4v) is 5.07. The number of H-pyrrole nitrogens is 1. The number of amides is 1. The summed E-state index contributed by atoms with van der Waals surface area (Å²) in [4.78, 5) is 20.0. The van der Waals surface area contributed by atoms with Gasteiger partial charge < -0.3 is 10.3 Å². The first kappa shape index (κ1) is 16.8. The van der Waals surface area contributed by atoms with E-state index in [0.717, 1.165) is 37.5 Å². The average molecular weight is 338 g/mol. The minimum atomic E-state index is 0. The summed E-state index contributed by atoms with van der Waals surface area (Å²) >= 11 is 0. The molecular formula is C18H28ClN3O. The van der Waals surface area contributed by atoms with Gasteiger partial charge >= 0.3 is 0 Å². The van der Waals surface area contributed by atoms with Gasteiger partial charge in [-0.2, -0.15) is 0 Å². The van der Waals surface area contributed by atoms with Crippen LogP contribution in [0.15, 0.2) is 6.33 Å². The number of hydrogen-bond donors (Lipinski definition) is 2. The molecular weight excluding hydrogens is 310 g/mol. The molecule has 4 atom stereocenters. The number of nitrogens with zero attached hydrogens (tertiary/aromatic N) is 1. The summed E-state index contributed by atoms with van der Waals surface area (Å²) in [6, 6.07) is 0.295. The number of fused-ring (bicyclic) bond motifs is 3. The second kappa shape index (κ2) is 7.25. The molecule has 0 saturated heterocycles. The van der Waals surface area contributed by atoms with E-state index in [1.54, 1.807) is 6.33 Å². The summed E-state index contributed by atoms with van der Waals surface area (Å²) in [5.74, 6) is 2.66. The SMILES string of the molecule is Cl.O=C(C[C@H]1C[C@@H]2CCCC[C@H]1C2)NC1CCc2nc[nH]c2C1. The Morgan fingerprint density at radius 1 is 1.26 bits per heavy atom. The van der Waals surface area contributed by atoms with Crippen molar-refractivity contribution in [1.82, 2.24) is 15.3 Å². The molecule has 2 bridgehead atoms. The first-order valence-electron chi connectivity index (χ1n) is 9.08. The smallest absolute Gasteiger partial charge is 0.220 e. The third-order valence-corrected chi connectivity index (χ3v) is 6.18. The van der Waals surface area contributed by atoms with Gasteiger partial charge in [-0.3, -0.25) is 4.79 Å². The molecule has 23 heavy (non-hydrogen) atoms. The van der Waals surface area contributed by atoms with Crippen molar-refractivity contribution >= 4 is 18.3 Å². The standard InChI is InChI=1S/C18H27N3O.ClH/c22-18(9-14-8-12-3-1-2-4-13(14)7-12)21-15-5-6-16-17(10-15)20-11-19-16;/h11-15H,1-10H2,(H,19,20)(H,21,22);1H/t12-,13+,14-,15?;/m1./s1. The van der Waals surface area contributed by atoms with Crippen molar-refractivity contribution in [2.75, 3.05) is 0 Å². The molecule has 0 radical (unpaired) electrons. The fourth-order valence-electron chi connectivity index (χ4n) is 5.07. The van der Waals surface area contributed by atoms with Gasteiger partial charge in [-0.15, -0.1) is 12.4 Å². The molecule has 5 heteroatoms. The topological polar surface area (TPSA) is 57.8 Å². The van der Waals surface area contributed by atoms with Crippen LogP contribution in [0, 0.1) is 17.8 Å². The largest absolute Gasteiger partial charge is 0.353 e. The van der Waals surface area contributed by atoms with Gasteiger partial charge in [0.15, 0.2) is 0 Å². The number of carbonyl (C=O) groups excluding carboxylic acids is 1. The number of aromatic nitrogens is 2. The maximum absolute atomic E-state index is 12.5.